The van der Waals surface area contributed by atoms with Gasteiger partial charge in [0.25, 0.3) is 0 Å². The lowest BCUT2D eigenvalue weighted by atomic mass is 9.85. The summed E-state index contributed by atoms with van der Waals surface area (Å²) in [6.07, 6.45) is 0. The SMILES string of the molecule is CC(C)C(C1=NC(C)(C)CO1)C(C)C. The molecule has 0 aromatic carbocycles. The fraction of sp³-hybridized carbons (Fsp3) is 0.917. The molecule has 2 heteroatoms. The number of aliphatic imine (C=N–C) groups is 1. The summed E-state index contributed by atoms with van der Waals surface area (Å²) in [6.45, 7) is 13.9. The second-order valence-corrected chi connectivity index (χ2v) is 5.56. The van der Waals surface area contributed by atoms with E-state index in [9.17, 15) is 0 Å². The van der Waals surface area contributed by atoms with Crippen molar-refractivity contribution in [3.63, 3.8) is 0 Å². The molecule has 0 saturated heterocycles. The first-order valence-electron chi connectivity index (χ1n) is 5.56. The largest absolute Gasteiger partial charge is 0.478 e. The zero-order chi connectivity index (χ0) is 10.9. The molecule has 1 rings (SSSR count). The normalized spacial score (nSPS) is 20.5. The summed E-state index contributed by atoms with van der Waals surface area (Å²) in [4.78, 5) is 4.66. The lowest BCUT2D eigenvalue weighted by molar-refractivity contribution is 0.240. The van der Waals surface area contributed by atoms with Gasteiger partial charge in [0.2, 0.25) is 0 Å². The topological polar surface area (TPSA) is 21.6 Å². The average molecular weight is 197 g/mol. The van der Waals surface area contributed by atoms with Gasteiger partial charge in [0.05, 0.1) is 5.54 Å². The predicted molar refractivity (Wildman–Crippen MR) is 60.6 cm³/mol. The minimum absolute atomic E-state index is 0.0165. The Hall–Kier alpha value is -0.530. The highest BCUT2D eigenvalue weighted by Gasteiger charge is 2.33. The van der Waals surface area contributed by atoms with Crippen LogP contribution in [-0.4, -0.2) is 18.0 Å². The Balaban J connectivity index is 2.81. The van der Waals surface area contributed by atoms with E-state index >= 15 is 0 Å². The van der Waals surface area contributed by atoms with Gasteiger partial charge in [0.15, 0.2) is 5.90 Å². The van der Waals surface area contributed by atoms with Crippen LogP contribution in [0.15, 0.2) is 4.99 Å². The molecule has 0 unspecified atom stereocenters. The van der Waals surface area contributed by atoms with Crippen molar-refractivity contribution in [1.29, 1.82) is 0 Å². The maximum atomic E-state index is 5.70. The van der Waals surface area contributed by atoms with Gasteiger partial charge < -0.3 is 4.74 Å². The zero-order valence-corrected chi connectivity index (χ0v) is 10.3. The lowest BCUT2D eigenvalue weighted by Crippen LogP contribution is -2.25. The van der Waals surface area contributed by atoms with E-state index in [1.165, 1.54) is 0 Å². The third-order valence-electron chi connectivity index (χ3n) is 2.71. The molecule has 0 bridgehead atoms. The van der Waals surface area contributed by atoms with Crippen LogP contribution in [0.2, 0.25) is 0 Å². The molecule has 0 fully saturated rings. The minimum Gasteiger partial charge on any atom is -0.478 e. The van der Waals surface area contributed by atoms with Crippen molar-refractivity contribution in [2.75, 3.05) is 6.61 Å². The molecule has 1 heterocycles. The predicted octanol–water partition coefficient (Wildman–Crippen LogP) is 3.12. The van der Waals surface area contributed by atoms with Gasteiger partial charge in [-0.25, -0.2) is 4.99 Å². The first-order valence-corrected chi connectivity index (χ1v) is 5.56. The number of hydrogen-bond donors (Lipinski definition) is 0. The second-order valence-electron chi connectivity index (χ2n) is 5.56. The molecule has 0 radical (unpaired) electrons. The number of hydrogen-bond acceptors (Lipinski definition) is 2. The van der Waals surface area contributed by atoms with Crippen LogP contribution in [0.4, 0.5) is 0 Å². The summed E-state index contributed by atoms with van der Waals surface area (Å²) >= 11 is 0. The van der Waals surface area contributed by atoms with E-state index in [1.54, 1.807) is 0 Å². The molecule has 82 valence electrons. The first kappa shape index (κ1) is 11.5. The summed E-state index contributed by atoms with van der Waals surface area (Å²) in [7, 11) is 0. The van der Waals surface area contributed by atoms with E-state index in [2.05, 4.69) is 46.5 Å². The Morgan fingerprint density at radius 1 is 1.14 bits per heavy atom. The van der Waals surface area contributed by atoms with Gasteiger partial charge in [-0.1, -0.05) is 27.7 Å². The lowest BCUT2D eigenvalue weighted by Gasteiger charge is -2.23. The molecule has 0 amide bonds. The highest BCUT2D eigenvalue weighted by Crippen LogP contribution is 2.28. The molecule has 0 saturated carbocycles. The molecule has 0 atom stereocenters. The maximum Gasteiger partial charge on any atom is 0.187 e. The monoisotopic (exact) mass is 197 g/mol. The molecule has 0 aromatic heterocycles. The smallest absolute Gasteiger partial charge is 0.187 e. The fourth-order valence-corrected chi connectivity index (χ4v) is 2.12. The van der Waals surface area contributed by atoms with Gasteiger partial charge >= 0.3 is 0 Å². The van der Waals surface area contributed by atoms with Gasteiger partial charge in [0, 0.05) is 5.92 Å². The van der Waals surface area contributed by atoms with Gasteiger partial charge in [0.1, 0.15) is 6.61 Å². The fourth-order valence-electron chi connectivity index (χ4n) is 2.12. The Kier molecular flexibility index (Phi) is 3.23. The van der Waals surface area contributed by atoms with E-state index in [0.29, 0.717) is 17.8 Å². The Bertz CT molecular complexity index is 220. The van der Waals surface area contributed by atoms with Crippen molar-refractivity contribution >= 4 is 5.90 Å². The van der Waals surface area contributed by atoms with Crippen LogP contribution in [0.3, 0.4) is 0 Å². The second kappa shape index (κ2) is 3.92. The summed E-state index contributed by atoms with van der Waals surface area (Å²) in [5.74, 6) is 2.64. The van der Waals surface area contributed by atoms with Crippen LogP contribution < -0.4 is 0 Å². The van der Waals surface area contributed by atoms with Crippen molar-refractivity contribution in [3.05, 3.63) is 0 Å². The molecule has 1 aliphatic rings. The van der Waals surface area contributed by atoms with Gasteiger partial charge in [-0.05, 0) is 25.7 Å². The minimum atomic E-state index is -0.0165. The van der Waals surface area contributed by atoms with Gasteiger partial charge in [-0.15, -0.1) is 0 Å². The Labute approximate surface area is 87.8 Å². The third-order valence-corrected chi connectivity index (χ3v) is 2.71. The molecular formula is C12H23NO. The number of ether oxygens (including phenoxy) is 1. The van der Waals surface area contributed by atoms with Crippen molar-refractivity contribution < 1.29 is 4.74 Å². The van der Waals surface area contributed by atoms with Crippen LogP contribution in [0.5, 0.6) is 0 Å². The zero-order valence-electron chi connectivity index (χ0n) is 10.3. The highest BCUT2D eigenvalue weighted by molar-refractivity contribution is 5.81. The maximum absolute atomic E-state index is 5.70. The summed E-state index contributed by atoms with van der Waals surface area (Å²) < 4.78 is 5.70. The standard InChI is InChI=1S/C12H23NO/c1-8(2)10(9(3)4)11-13-12(5,6)7-14-11/h8-10H,7H2,1-6H3. The van der Waals surface area contributed by atoms with Crippen molar-refractivity contribution in [2.45, 2.75) is 47.1 Å². The molecule has 0 aromatic rings. The third kappa shape index (κ3) is 2.49. The molecule has 2 nitrogen and oxygen atoms in total. The van der Waals surface area contributed by atoms with Crippen LogP contribution >= 0.6 is 0 Å². The average Bonchev–Trinajstić information content (AvgIpc) is 2.28. The van der Waals surface area contributed by atoms with Gasteiger partial charge in [-0.2, -0.15) is 0 Å². The van der Waals surface area contributed by atoms with E-state index in [4.69, 9.17) is 4.74 Å². The van der Waals surface area contributed by atoms with E-state index < -0.39 is 0 Å². The van der Waals surface area contributed by atoms with E-state index in [-0.39, 0.29) is 5.54 Å². The molecule has 0 aliphatic carbocycles. The number of nitrogens with zero attached hydrogens (tertiary/aromatic N) is 1. The van der Waals surface area contributed by atoms with Gasteiger partial charge in [-0.3, -0.25) is 0 Å². The molecule has 14 heavy (non-hydrogen) atoms. The summed E-state index contributed by atoms with van der Waals surface area (Å²) in [5, 5.41) is 0. The Morgan fingerprint density at radius 3 is 1.93 bits per heavy atom. The van der Waals surface area contributed by atoms with Crippen molar-refractivity contribution in [2.24, 2.45) is 22.7 Å². The van der Waals surface area contributed by atoms with Crippen LogP contribution in [0.1, 0.15) is 41.5 Å². The quantitative estimate of drug-likeness (QED) is 0.681. The molecular weight excluding hydrogens is 174 g/mol. The highest BCUT2D eigenvalue weighted by atomic mass is 16.5. The Morgan fingerprint density at radius 2 is 1.64 bits per heavy atom. The molecule has 0 N–H and O–H groups in total. The van der Waals surface area contributed by atoms with Crippen LogP contribution in [0, 0.1) is 17.8 Å². The van der Waals surface area contributed by atoms with Crippen LogP contribution in [-0.2, 0) is 4.74 Å². The number of rotatable bonds is 3. The first-order chi connectivity index (χ1) is 6.33. The summed E-state index contributed by atoms with van der Waals surface area (Å²) in [5.41, 5.74) is -0.0165. The van der Waals surface area contributed by atoms with E-state index in [0.717, 1.165) is 12.5 Å². The van der Waals surface area contributed by atoms with E-state index in [1.807, 2.05) is 0 Å². The van der Waals surface area contributed by atoms with Crippen molar-refractivity contribution in [1.82, 2.24) is 0 Å². The van der Waals surface area contributed by atoms with Crippen LogP contribution in [0.25, 0.3) is 0 Å². The summed E-state index contributed by atoms with van der Waals surface area (Å²) in [6, 6.07) is 0. The molecule has 1 aliphatic heterocycles. The molecule has 0 spiro atoms. The van der Waals surface area contributed by atoms with Crippen molar-refractivity contribution in [3.8, 4) is 0 Å².